The summed E-state index contributed by atoms with van der Waals surface area (Å²) in [4.78, 5) is 5.86. The number of hydrogen-bond donors (Lipinski definition) is 1. The van der Waals surface area contributed by atoms with Gasteiger partial charge in [0.05, 0.1) is 16.6 Å². The van der Waals surface area contributed by atoms with E-state index >= 15 is 0 Å². The van der Waals surface area contributed by atoms with Crippen molar-refractivity contribution in [2.24, 2.45) is 0 Å². The third-order valence-electron chi connectivity index (χ3n) is 2.92. The van der Waals surface area contributed by atoms with E-state index in [0.29, 0.717) is 0 Å². The van der Waals surface area contributed by atoms with Gasteiger partial charge in [0.25, 0.3) is 0 Å². The molecule has 0 unspecified atom stereocenters. The average molecular weight is 286 g/mol. The lowest BCUT2D eigenvalue weighted by Crippen LogP contribution is -2.05. The zero-order valence-corrected chi connectivity index (χ0v) is 12.2. The fraction of sp³-hybridized carbons (Fsp3) is 0.133. The van der Waals surface area contributed by atoms with E-state index in [9.17, 15) is 0 Å². The molecule has 0 aliphatic carbocycles. The van der Waals surface area contributed by atoms with Gasteiger partial charge in [-0.2, -0.15) is 0 Å². The van der Waals surface area contributed by atoms with Gasteiger partial charge in [0.15, 0.2) is 5.13 Å². The van der Waals surface area contributed by atoms with Crippen LogP contribution in [-0.4, -0.2) is 4.98 Å². The van der Waals surface area contributed by atoms with Gasteiger partial charge in [-0.15, -0.1) is 22.7 Å². The number of benzene rings is 1. The zero-order chi connectivity index (χ0) is 13.1. The maximum absolute atomic E-state index is 4.64. The fourth-order valence-corrected chi connectivity index (χ4v) is 3.45. The Morgan fingerprint density at radius 2 is 1.89 bits per heavy atom. The van der Waals surface area contributed by atoms with Crippen LogP contribution in [0.5, 0.6) is 0 Å². The molecule has 19 heavy (non-hydrogen) atoms. The molecule has 0 bridgehead atoms. The minimum atomic E-state index is 0.267. The quantitative estimate of drug-likeness (QED) is 0.726. The monoisotopic (exact) mass is 286 g/mol. The number of thiazole rings is 1. The van der Waals surface area contributed by atoms with Crippen LogP contribution in [0.4, 0.5) is 5.13 Å². The number of nitrogens with one attached hydrogen (secondary N) is 1. The highest BCUT2D eigenvalue weighted by Gasteiger charge is 2.09. The predicted octanol–water partition coefficient (Wildman–Crippen LogP) is 5.04. The average Bonchev–Trinajstić information content (AvgIpc) is 3.10. The molecule has 0 saturated carbocycles. The minimum Gasteiger partial charge on any atom is -0.355 e. The number of nitrogens with zero attached hydrogens (tertiary/aromatic N) is 1. The summed E-state index contributed by atoms with van der Waals surface area (Å²) >= 11 is 3.38. The zero-order valence-electron chi connectivity index (χ0n) is 10.5. The molecule has 1 atom stereocenters. The van der Waals surface area contributed by atoms with E-state index in [1.807, 2.05) is 6.07 Å². The van der Waals surface area contributed by atoms with E-state index in [-0.39, 0.29) is 6.04 Å². The van der Waals surface area contributed by atoms with Gasteiger partial charge in [0, 0.05) is 5.38 Å². The van der Waals surface area contributed by atoms with Gasteiger partial charge in [0.1, 0.15) is 0 Å². The Morgan fingerprint density at radius 1 is 1.05 bits per heavy atom. The molecule has 3 rings (SSSR count). The molecule has 0 spiro atoms. The second-order valence-electron chi connectivity index (χ2n) is 4.29. The SMILES string of the molecule is C[C@@H](Nc1nc(-c2cccs2)cs1)c1ccccc1. The molecule has 4 heteroatoms. The summed E-state index contributed by atoms with van der Waals surface area (Å²) in [5.41, 5.74) is 2.33. The number of anilines is 1. The highest BCUT2D eigenvalue weighted by Crippen LogP contribution is 2.29. The number of hydrogen-bond acceptors (Lipinski definition) is 4. The van der Waals surface area contributed by atoms with Crippen molar-refractivity contribution in [3.05, 3.63) is 58.8 Å². The van der Waals surface area contributed by atoms with Gasteiger partial charge >= 0.3 is 0 Å². The van der Waals surface area contributed by atoms with Gasteiger partial charge in [-0.25, -0.2) is 4.98 Å². The first-order valence-corrected chi connectivity index (χ1v) is 7.90. The maximum atomic E-state index is 4.64. The topological polar surface area (TPSA) is 24.9 Å². The second kappa shape index (κ2) is 5.55. The van der Waals surface area contributed by atoms with Crippen LogP contribution in [0, 0.1) is 0 Å². The Kier molecular flexibility index (Phi) is 3.62. The van der Waals surface area contributed by atoms with E-state index in [2.05, 4.69) is 64.4 Å². The Bertz CT molecular complexity index is 629. The molecular weight excluding hydrogens is 272 g/mol. The molecule has 96 valence electrons. The standard InChI is InChI=1S/C15H14N2S2/c1-11(12-6-3-2-4-7-12)16-15-17-13(10-19-15)14-8-5-9-18-14/h2-11H,1H3,(H,16,17)/t11-/m1/s1. The molecular formula is C15H14N2S2. The lowest BCUT2D eigenvalue weighted by atomic mass is 10.1. The van der Waals surface area contributed by atoms with Crippen molar-refractivity contribution in [1.29, 1.82) is 0 Å². The lowest BCUT2D eigenvalue weighted by molar-refractivity contribution is 0.882. The molecule has 2 nitrogen and oxygen atoms in total. The van der Waals surface area contributed by atoms with Gasteiger partial charge in [-0.3, -0.25) is 0 Å². The van der Waals surface area contributed by atoms with Crippen LogP contribution < -0.4 is 5.32 Å². The normalized spacial score (nSPS) is 12.3. The molecule has 3 aromatic rings. The van der Waals surface area contributed by atoms with Crippen LogP contribution in [0.1, 0.15) is 18.5 Å². The number of rotatable bonds is 4. The Morgan fingerprint density at radius 3 is 2.63 bits per heavy atom. The van der Waals surface area contributed by atoms with Crippen LogP contribution in [0.15, 0.2) is 53.2 Å². The molecule has 0 amide bonds. The summed E-state index contributed by atoms with van der Waals surface area (Å²) in [5, 5.41) is 8.61. The first-order chi connectivity index (χ1) is 9.33. The van der Waals surface area contributed by atoms with Gasteiger partial charge in [-0.1, -0.05) is 36.4 Å². The Labute approximate surface area is 120 Å². The summed E-state index contributed by atoms with van der Waals surface area (Å²) in [6.07, 6.45) is 0. The largest absolute Gasteiger partial charge is 0.355 e. The fourth-order valence-electron chi connectivity index (χ4n) is 1.89. The summed E-state index contributed by atoms with van der Waals surface area (Å²) in [6, 6.07) is 14.8. The van der Waals surface area contributed by atoms with E-state index in [4.69, 9.17) is 0 Å². The van der Waals surface area contributed by atoms with Crippen molar-refractivity contribution < 1.29 is 0 Å². The van der Waals surface area contributed by atoms with Crippen molar-refractivity contribution in [2.75, 3.05) is 5.32 Å². The molecule has 0 radical (unpaired) electrons. The lowest BCUT2D eigenvalue weighted by Gasteiger charge is -2.12. The van der Waals surface area contributed by atoms with Crippen molar-refractivity contribution in [1.82, 2.24) is 4.98 Å². The van der Waals surface area contributed by atoms with Crippen LogP contribution in [0.2, 0.25) is 0 Å². The van der Waals surface area contributed by atoms with Crippen molar-refractivity contribution >= 4 is 27.8 Å². The van der Waals surface area contributed by atoms with Crippen LogP contribution >= 0.6 is 22.7 Å². The van der Waals surface area contributed by atoms with E-state index in [0.717, 1.165) is 10.8 Å². The highest BCUT2D eigenvalue weighted by molar-refractivity contribution is 7.15. The van der Waals surface area contributed by atoms with Gasteiger partial charge < -0.3 is 5.32 Å². The first kappa shape index (κ1) is 12.4. The maximum Gasteiger partial charge on any atom is 0.183 e. The van der Waals surface area contributed by atoms with Crippen molar-refractivity contribution in [2.45, 2.75) is 13.0 Å². The second-order valence-corrected chi connectivity index (χ2v) is 6.10. The van der Waals surface area contributed by atoms with Gasteiger partial charge in [0.2, 0.25) is 0 Å². The molecule has 1 aromatic carbocycles. The predicted molar refractivity (Wildman–Crippen MR) is 83.9 cm³/mol. The van der Waals surface area contributed by atoms with E-state index in [1.54, 1.807) is 22.7 Å². The van der Waals surface area contributed by atoms with E-state index < -0.39 is 0 Å². The summed E-state index contributed by atoms with van der Waals surface area (Å²) in [7, 11) is 0. The molecule has 0 saturated heterocycles. The van der Waals surface area contributed by atoms with Gasteiger partial charge in [-0.05, 0) is 23.9 Å². The van der Waals surface area contributed by atoms with E-state index in [1.165, 1.54) is 10.4 Å². The molecule has 0 fully saturated rings. The number of thiophene rings is 1. The molecule has 1 N–H and O–H groups in total. The first-order valence-electron chi connectivity index (χ1n) is 6.14. The minimum absolute atomic E-state index is 0.267. The summed E-state index contributed by atoms with van der Waals surface area (Å²) in [6.45, 7) is 2.15. The van der Waals surface area contributed by atoms with Crippen molar-refractivity contribution in [3.8, 4) is 10.6 Å². The summed E-state index contributed by atoms with van der Waals surface area (Å²) < 4.78 is 0. The van der Waals surface area contributed by atoms with Crippen LogP contribution in [0.25, 0.3) is 10.6 Å². The van der Waals surface area contributed by atoms with Crippen molar-refractivity contribution in [3.63, 3.8) is 0 Å². The van der Waals surface area contributed by atoms with Crippen LogP contribution in [-0.2, 0) is 0 Å². The number of aromatic nitrogens is 1. The molecule has 2 aromatic heterocycles. The third kappa shape index (κ3) is 2.85. The highest BCUT2D eigenvalue weighted by atomic mass is 32.1. The molecule has 2 heterocycles. The molecule has 0 aliphatic heterocycles. The smallest absolute Gasteiger partial charge is 0.183 e. The third-order valence-corrected chi connectivity index (χ3v) is 4.58. The van der Waals surface area contributed by atoms with Crippen LogP contribution in [0.3, 0.4) is 0 Å². The molecule has 0 aliphatic rings. The summed E-state index contributed by atoms with van der Waals surface area (Å²) in [5.74, 6) is 0. The Hall–Kier alpha value is -1.65. The Balaban J connectivity index is 1.74.